The molecule has 0 radical (unpaired) electrons. The van der Waals surface area contributed by atoms with Crippen molar-refractivity contribution in [2.75, 3.05) is 11.5 Å². The molecule has 0 atom stereocenters. The van der Waals surface area contributed by atoms with E-state index in [4.69, 9.17) is 4.74 Å². The number of hydrogen-bond donors (Lipinski definition) is 0. The maximum Gasteiger partial charge on any atom is 0.172 e. The summed E-state index contributed by atoms with van der Waals surface area (Å²) in [5, 5.41) is 0. The van der Waals surface area contributed by atoms with Crippen LogP contribution in [0.5, 0.6) is 5.75 Å². The number of ketones is 1. The minimum atomic E-state index is 0.173. The zero-order chi connectivity index (χ0) is 15.1. The van der Waals surface area contributed by atoms with Gasteiger partial charge in [-0.05, 0) is 42.5 Å². The molecule has 0 aliphatic rings. The Morgan fingerprint density at radius 3 is 2.57 bits per heavy atom. The number of carbonyl (C=O) groups is 1. The number of Topliss-reactive ketones (excluding diaryl/α,β-unsaturated/α-hetero) is 1. The molecular formula is C18H20O2S. The van der Waals surface area contributed by atoms with Gasteiger partial charge in [0.1, 0.15) is 12.4 Å². The summed E-state index contributed by atoms with van der Waals surface area (Å²) < 4.78 is 5.75. The molecule has 2 aromatic rings. The Morgan fingerprint density at radius 2 is 1.90 bits per heavy atom. The molecule has 0 unspecified atom stereocenters. The first-order valence-corrected chi connectivity index (χ1v) is 8.24. The van der Waals surface area contributed by atoms with Gasteiger partial charge in [-0.25, -0.2) is 0 Å². The van der Waals surface area contributed by atoms with Crippen molar-refractivity contribution in [1.82, 2.24) is 0 Å². The summed E-state index contributed by atoms with van der Waals surface area (Å²) in [6.07, 6.45) is 0. The van der Waals surface area contributed by atoms with Crippen LogP contribution < -0.4 is 4.74 Å². The Kier molecular flexibility index (Phi) is 5.88. The van der Waals surface area contributed by atoms with Gasteiger partial charge in [-0.3, -0.25) is 4.79 Å². The van der Waals surface area contributed by atoms with E-state index in [1.807, 2.05) is 36.4 Å². The minimum absolute atomic E-state index is 0.173. The zero-order valence-electron chi connectivity index (χ0n) is 12.5. The van der Waals surface area contributed by atoms with Crippen molar-refractivity contribution in [3.05, 3.63) is 65.2 Å². The summed E-state index contributed by atoms with van der Waals surface area (Å²) in [5.41, 5.74) is 3.12. The molecule has 3 heteroatoms. The third-order valence-corrected chi connectivity index (χ3v) is 3.98. The molecule has 0 fully saturated rings. The first-order valence-electron chi connectivity index (χ1n) is 7.08. The third kappa shape index (κ3) is 4.94. The van der Waals surface area contributed by atoms with Gasteiger partial charge in [-0.2, -0.15) is 11.8 Å². The van der Waals surface area contributed by atoms with Gasteiger partial charge >= 0.3 is 0 Å². The molecule has 0 N–H and O–H groups in total. The van der Waals surface area contributed by atoms with Gasteiger partial charge in [0.15, 0.2) is 5.78 Å². The standard InChI is InChI=1S/C18H20O2S/c1-3-21-13-18(19)16-7-9-17(10-8-16)20-12-15-6-4-5-14(2)11-15/h4-11H,3,12-13H2,1-2H3. The highest BCUT2D eigenvalue weighted by molar-refractivity contribution is 7.99. The number of rotatable bonds is 7. The molecular weight excluding hydrogens is 280 g/mol. The molecule has 0 saturated carbocycles. The second-order valence-corrected chi connectivity index (χ2v) is 6.14. The van der Waals surface area contributed by atoms with Gasteiger partial charge < -0.3 is 4.74 Å². The van der Waals surface area contributed by atoms with Crippen LogP contribution in [-0.2, 0) is 6.61 Å². The smallest absolute Gasteiger partial charge is 0.172 e. The fourth-order valence-electron chi connectivity index (χ4n) is 1.98. The number of carbonyl (C=O) groups excluding carboxylic acids is 1. The largest absolute Gasteiger partial charge is 0.489 e. The summed E-state index contributed by atoms with van der Waals surface area (Å²) in [6.45, 7) is 4.67. The van der Waals surface area contributed by atoms with E-state index in [9.17, 15) is 4.79 Å². The van der Waals surface area contributed by atoms with Crippen LogP contribution in [0.4, 0.5) is 0 Å². The highest BCUT2D eigenvalue weighted by Gasteiger charge is 2.05. The van der Waals surface area contributed by atoms with Crippen LogP contribution in [0.25, 0.3) is 0 Å². The molecule has 0 aliphatic carbocycles. The second kappa shape index (κ2) is 7.89. The molecule has 2 nitrogen and oxygen atoms in total. The molecule has 0 saturated heterocycles. The van der Waals surface area contributed by atoms with Crippen molar-refractivity contribution in [2.45, 2.75) is 20.5 Å². The Balaban J connectivity index is 1.92. The van der Waals surface area contributed by atoms with E-state index in [2.05, 4.69) is 26.0 Å². The Bertz CT molecular complexity index is 590. The van der Waals surface area contributed by atoms with Crippen LogP contribution in [0.2, 0.25) is 0 Å². The monoisotopic (exact) mass is 300 g/mol. The lowest BCUT2D eigenvalue weighted by molar-refractivity contribution is 0.102. The van der Waals surface area contributed by atoms with Crippen molar-refractivity contribution in [3.63, 3.8) is 0 Å². The normalized spacial score (nSPS) is 10.4. The van der Waals surface area contributed by atoms with Crippen LogP contribution in [0.3, 0.4) is 0 Å². The van der Waals surface area contributed by atoms with Crippen LogP contribution >= 0.6 is 11.8 Å². The molecule has 0 aromatic heterocycles. The van der Waals surface area contributed by atoms with Gasteiger partial charge in [0.25, 0.3) is 0 Å². The van der Waals surface area contributed by atoms with E-state index < -0.39 is 0 Å². The average molecular weight is 300 g/mol. The maximum atomic E-state index is 11.9. The molecule has 2 aromatic carbocycles. The lowest BCUT2D eigenvalue weighted by atomic mass is 10.1. The fraction of sp³-hybridized carbons (Fsp3) is 0.278. The van der Waals surface area contributed by atoms with Crippen molar-refractivity contribution in [3.8, 4) is 5.75 Å². The molecule has 0 heterocycles. The first kappa shape index (κ1) is 15.6. The summed E-state index contributed by atoms with van der Waals surface area (Å²) in [6, 6.07) is 15.7. The van der Waals surface area contributed by atoms with Crippen molar-refractivity contribution < 1.29 is 9.53 Å². The van der Waals surface area contributed by atoms with Crippen molar-refractivity contribution in [1.29, 1.82) is 0 Å². The molecule has 0 aliphatic heterocycles. The van der Waals surface area contributed by atoms with Crippen LogP contribution in [-0.4, -0.2) is 17.3 Å². The topological polar surface area (TPSA) is 26.3 Å². The maximum absolute atomic E-state index is 11.9. The molecule has 2 rings (SSSR count). The van der Waals surface area contributed by atoms with Gasteiger partial charge in [0.05, 0.1) is 5.75 Å². The summed E-state index contributed by atoms with van der Waals surface area (Å²) in [4.78, 5) is 11.9. The molecule has 21 heavy (non-hydrogen) atoms. The average Bonchev–Trinajstić information content (AvgIpc) is 2.51. The van der Waals surface area contributed by atoms with Crippen LogP contribution in [0, 0.1) is 6.92 Å². The first-order chi connectivity index (χ1) is 10.2. The van der Waals surface area contributed by atoms with Crippen molar-refractivity contribution in [2.24, 2.45) is 0 Å². The number of hydrogen-bond acceptors (Lipinski definition) is 3. The lowest BCUT2D eigenvalue weighted by Crippen LogP contribution is -2.02. The van der Waals surface area contributed by atoms with Crippen molar-refractivity contribution >= 4 is 17.5 Å². The fourth-order valence-corrected chi connectivity index (χ4v) is 2.54. The highest BCUT2D eigenvalue weighted by atomic mass is 32.2. The lowest BCUT2D eigenvalue weighted by Gasteiger charge is -2.07. The van der Waals surface area contributed by atoms with Gasteiger partial charge in [-0.1, -0.05) is 36.8 Å². The predicted octanol–water partition coefficient (Wildman–Crippen LogP) is 4.51. The van der Waals surface area contributed by atoms with Gasteiger partial charge in [0.2, 0.25) is 0 Å². The van der Waals surface area contributed by atoms with Crippen LogP contribution in [0.1, 0.15) is 28.4 Å². The minimum Gasteiger partial charge on any atom is -0.489 e. The van der Waals surface area contributed by atoms with E-state index in [1.54, 1.807) is 11.8 Å². The molecule has 0 amide bonds. The Hall–Kier alpha value is -1.74. The molecule has 110 valence electrons. The quantitative estimate of drug-likeness (QED) is 0.704. The second-order valence-electron chi connectivity index (χ2n) is 4.86. The number of ether oxygens (including phenoxy) is 1. The number of benzene rings is 2. The highest BCUT2D eigenvalue weighted by Crippen LogP contribution is 2.16. The van der Waals surface area contributed by atoms with E-state index >= 15 is 0 Å². The van der Waals surface area contributed by atoms with Gasteiger partial charge in [0, 0.05) is 5.56 Å². The number of aryl methyl sites for hydroxylation is 1. The Morgan fingerprint density at radius 1 is 1.14 bits per heavy atom. The number of thioether (sulfide) groups is 1. The van der Waals surface area contributed by atoms with Gasteiger partial charge in [-0.15, -0.1) is 0 Å². The van der Waals surface area contributed by atoms with E-state index in [0.717, 1.165) is 22.6 Å². The van der Waals surface area contributed by atoms with E-state index in [1.165, 1.54) is 5.56 Å². The molecule has 0 spiro atoms. The zero-order valence-corrected chi connectivity index (χ0v) is 13.3. The predicted molar refractivity (Wildman–Crippen MR) is 89.3 cm³/mol. The summed E-state index contributed by atoms with van der Waals surface area (Å²) in [7, 11) is 0. The molecule has 0 bridgehead atoms. The summed E-state index contributed by atoms with van der Waals surface area (Å²) >= 11 is 1.64. The Labute approximate surface area is 130 Å². The van der Waals surface area contributed by atoms with E-state index in [0.29, 0.717) is 12.4 Å². The van der Waals surface area contributed by atoms with Crippen LogP contribution in [0.15, 0.2) is 48.5 Å². The SMILES string of the molecule is CCSCC(=O)c1ccc(OCc2cccc(C)c2)cc1. The van der Waals surface area contributed by atoms with E-state index in [-0.39, 0.29) is 5.78 Å². The third-order valence-electron chi connectivity index (χ3n) is 3.10. The summed E-state index contributed by atoms with van der Waals surface area (Å²) in [5.74, 6) is 2.46.